The predicted octanol–water partition coefficient (Wildman–Crippen LogP) is 3.56. The average Bonchev–Trinajstić information content (AvgIpc) is 2.58. The molecular weight excluding hydrogens is 399 g/mol. The van der Waals surface area contributed by atoms with Crippen molar-refractivity contribution >= 4 is 44.8 Å². The van der Waals surface area contributed by atoms with Crippen LogP contribution < -0.4 is 10.0 Å². The fourth-order valence-corrected chi connectivity index (χ4v) is 3.71. The van der Waals surface area contributed by atoms with Crippen molar-refractivity contribution in [2.24, 2.45) is 0 Å². The predicted molar refractivity (Wildman–Crippen MR) is 103 cm³/mol. The minimum absolute atomic E-state index is 0.0616. The molecule has 0 unspecified atom stereocenters. The van der Waals surface area contributed by atoms with Gasteiger partial charge in [0.05, 0.1) is 21.5 Å². The average molecular weight is 417 g/mol. The van der Waals surface area contributed by atoms with E-state index >= 15 is 0 Å². The van der Waals surface area contributed by atoms with Gasteiger partial charge in [0.2, 0.25) is 10.0 Å². The Morgan fingerprint density at radius 2 is 1.77 bits per heavy atom. The molecule has 1 atom stereocenters. The number of rotatable bonds is 7. The van der Waals surface area contributed by atoms with Gasteiger partial charge in [-0.25, -0.2) is 13.1 Å². The van der Waals surface area contributed by atoms with E-state index in [1.54, 1.807) is 19.1 Å². The molecule has 0 saturated carbocycles. The Kier molecular flexibility index (Phi) is 7.02. The maximum absolute atomic E-state index is 12.3. The van der Waals surface area contributed by atoms with Crippen LogP contribution in [0, 0.1) is 0 Å². The largest absolute Gasteiger partial charge is 0.383 e. The monoisotopic (exact) mass is 416 g/mol. The highest BCUT2D eigenvalue weighted by molar-refractivity contribution is 7.89. The quantitative estimate of drug-likeness (QED) is 0.722. The smallest absolute Gasteiger partial charge is 0.255 e. The van der Waals surface area contributed by atoms with Gasteiger partial charge >= 0.3 is 0 Å². The molecule has 0 aliphatic carbocycles. The number of ether oxygens (including phenoxy) is 1. The SMILES string of the molecule is COC[C@H](C)NS(=O)(=O)c1ccc(C(=O)Nc2ccc(Cl)c(Cl)c2)cc1. The van der Waals surface area contributed by atoms with Crippen molar-refractivity contribution in [1.29, 1.82) is 0 Å². The summed E-state index contributed by atoms with van der Waals surface area (Å²) >= 11 is 11.7. The maximum Gasteiger partial charge on any atom is 0.255 e. The van der Waals surface area contributed by atoms with Crippen LogP contribution in [0.1, 0.15) is 17.3 Å². The lowest BCUT2D eigenvalue weighted by Crippen LogP contribution is -2.35. The number of hydrogen-bond donors (Lipinski definition) is 2. The molecule has 0 aliphatic heterocycles. The number of anilines is 1. The molecule has 0 heterocycles. The van der Waals surface area contributed by atoms with E-state index in [0.717, 1.165) is 0 Å². The number of hydrogen-bond acceptors (Lipinski definition) is 4. The van der Waals surface area contributed by atoms with Crippen LogP contribution in [0.15, 0.2) is 47.4 Å². The van der Waals surface area contributed by atoms with Gasteiger partial charge in [-0.05, 0) is 49.4 Å². The molecule has 140 valence electrons. The third kappa shape index (κ3) is 5.43. The van der Waals surface area contributed by atoms with Crippen LogP contribution >= 0.6 is 23.2 Å². The van der Waals surface area contributed by atoms with Gasteiger partial charge < -0.3 is 10.1 Å². The summed E-state index contributed by atoms with van der Waals surface area (Å²) in [6, 6.07) is 9.94. The van der Waals surface area contributed by atoms with Gasteiger partial charge in [0.15, 0.2) is 0 Å². The number of sulfonamides is 1. The zero-order valence-corrected chi connectivity index (χ0v) is 16.5. The van der Waals surface area contributed by atoms with Crippen LogP contribution in [0.5, 0.6) is 0 Å². The van der Waals surface area contributed by atoms with E-state index in [2.05, 4.69) is 10.0 Å². The Balaban J connectivity index is 2.10. The van der Waals surface area contributed by atoms with E-state index in [0.29, 0.717) is 21.3 Å². The summed E-state index contributed by atoms with van der Waals surface area (Å²) in [5.41, 5.74) is 0.788. The summed E-state index contributed by atoms with van der Waals surface area (Å²) in [6.45, 7) is 1.95. The first-order valence-corrected chi connectivity index (χ1v) is 9.84. The highest BCUT2D eigenvalue weighted by Crippen LogP contribution is 2.25. The van der Waals surface area contributed by atoms with Crippen LogP contribution in [0.4, 0.5) is 5.69 Å². The van der Waals surface area contributed by atoms with Crippen molar-refractivity contribution in [3.05, 3.63) is 58.1 Å². The number of amides is 1. The van der Waals surface area contributed by atoms with Crippen LogP contribution in [0.3, 0.4) is 0 Å². The van der Waals surface area contributed by atoms with Crippen molar-refractivity contribution in [2.45, 2.75) is 17.9 Å². The molecule has 0 fully saturated rings. The number of carbonyl (C=O) groups excluding carboxylic acids is 1. The van der Waals surface area contributed by atoms with Crippen molar-refractivity contribution in [1.82, 2.24) is 4.72 Å². The van der Waals surface area contributed by atoms with Crippen molar-refractivity contribution in [2.75, 3.05) is 19.0 Å². The van der Waals surface area contributed by atoms with E-state index < -0.39 is 15.9 Å². The van der Waals surface area contributed by atoms with Gasteiger partial charge in [-0.3, -0.25) is 4.79 Å². The summed E-state index contributed by atoms with van der Waals surface area (Å²) in [7, 11) is -2.20. The van der Waals surface area contributed by atoms with Gasteiger partial charge in [-0.2, -0.15) is 0 Å². The number of halogens is 2. The lowest BCUT2D eigenvalue weighted by atomic mass is 10.2. The second-order valence-electron chi connectivity index (χ2n) is 5.59. The molecule has 0 radical (unpaired) electrons. The van der Waals surface area contributed by atoms with Crippen LogP contribution in [-0.2, 0) is 14.8 Å². The van der Waals surface area contributed by atoms with Gasteiger partial charge in [0, 0.05) is 24.4 Å². The third-order valence-electron chi connectivity index (χ3n) is 3.38. The van der Waals surface area contributed by atoms with Crippen LogP contribution in [-0.4, -0.2) is 34.1 Å². The van der Waals surface area contributed by atoms with E-state index in [1.807, 2.05) is 0 Å². The minimum Gasteiger partial charge on any atom is -0.383 e. The second-order valence-corrected chi connectivity index (χ2v) is 8.11. The zero-order valence-electron chi connectivity index (χ0n) is 14.1. The number of methoxy groups -OCH3 is 1. The molecule has 26 heavy (non-hydrogen) atoms. The van der Waals surface area contributed by atoms with E-state index in [-0.39, 0.29) is 17.5 Å². The standard InChI is InChI=1S/C17H18Cl2N2O4S/c1-11(10-25-2)21-26(23,24)14-6-3-12(4-7-14)17(22)20-13-5-8-15(18)16(19)9-13/h3-9,11,21H,10H2,1-2H3,(H,20,22)/t11-/m0/s1. The lowest BCUT2D eigenvalue weighted by Gasteiger charge is -2.13. The van der Waals surface area contributed by atoms with E-state index in [9.17, 15) is 13.2 Å². The Labute approximate surface area is 162 Å². The molecule has 0 aliphatic rings. The Hall–Kier alpha value is -1.64. The second kappa shape index (κ2) is 8.83. The fraction of sp³-hybridized carbons (Fsp3) is 0.235. The molecule has 0 saturated heterocycles. The number of nitrogens with one attached hydrogen (secondary N) is 2. The highest BCUT2D eigenvalue weighted by Gasteiger charge is 2.18. The first-order chi connectivity index (χ1) is 12.2. The van der Waals surface area contributed by atoms with Gasteiger partial charge in [-0.1, -0.05) is 23.2 Å². The zero-order chi connectivity index (χ0) is 19.3. The molecule has 0 aromatic heterocycles. The van der Waals surface area contributed by atoms with Crippen LogP contribution in [0.2, 0.25) is 10.0 Å². The van der Waals surface area contributed by atoms with Gasteiger partial charge in [0.25, 0.3) is 5.91 Å². The highest BCUT2D eigenvalue weighted by atomic mass is 35.5. The van der Waals surface area contributed by atoms with E-state index in [4.69, 9.17) is 27.9 Å². The molecule has 2 N–H and O–H groups in total. The number of carbonyl (C=O) groups is 1. The molecule has 6 nitrogen and oxygen atoms in total. The number of benzene rings is 2. The summed E-state index contributed by atoms with van der Waals surface area (Å²) in [5, 5.41) is 3.37. The summed E-state index contributed by atoms with van der Waals surface area (Å²) < 4.78 is 31.9. The van der Waals surface area contributed by atoms with Gasteiger partial charge in [-0.15, -0.1) is 0 Å². The van der Waals surface area contributed by atoms with Gasteiger partial charge in [0.1, 0.15) is 0 Å². The molecule has 2 aromatic rings. The fourth-order valence-electron chi connectivity index (χ4n) is 2.18. The minimum atomic E-state index is -3.69. The van der Waals surface area contributed by atoms with Crippen LogP contribution in [0.25, 0.3) is 0 Å². The molecule has 9 heteroatoms. The Bertz CT molecular complexity index is 886. The first-order valence-electron chi connectivity index (χ1n) is 7.60. The third-order valence-corrected chi connectivity index (χ3v) is 5.72. The summed E-state index contributed by atoms with van der Waals surface area (Å²) in [6.07, 6.45) is 0. The maximum atomic E-state index is 12.3. The normalized spacial score (nSPS) is 12.6. The topological polar surface area (TPSA) is 84.5 Å². The first kappa shape index (κ1) is 20.7. The van der Waals surface area contributed by atoms with Crippen molar-refractivity contribution in [3.8, 4) is 0 Å². The molecule has 1 amide bonds. The Morgan fingerprint density at radius 1 is 1.12 bits per heavy atom. The molecular formula is C17H18Cl2N2O4S. The molecule has 0 spiro atoms. The molecule has 2 rings (SSSR count). The van der Waals surface area contributed by atoms with Crippen molar-refractivity contribution in [3.63, 3.8) is 0 Å². The molecule has 2 aromatic carbocycles. The van der Waals surface area contributed by atoms with E-state index in [1.165, 1.54) is 37.4 Å². The summed E-state index contributed by atoms with van der Waals surface area (Å²) in [5.74, 6) is -0.395. The lowest BCUT2D eigenvalue weighted by molar-refractivity contribution is 0.102. The Morgan fingerprint density at radius 3 is 2.35 bits per heavy atom. The molecule has 0 bridgehead atoms. The van der Waals surface area contributed by atoms with Crippen molar-refractivity contribution < 1.29 is 17.9 Å². The summed E-state index contributed by atoms with van der Waals surface area (Å²) in [4.78, 5) is 12.3.